The highest BCUT2D eigenvalue weighted by molar-refractivity contribution is 5.94. The molecule has 1 amide bonds. The van der Waals surface area contributed by atoms with Crippen molar-refractivity contribution < 1.29 is 18.0 Å². The van der Waals surface area contributed by atoms with E-state index >= 15 is 0 Å². The molecule has 4 nitrogen and oxygen atoms in total. The van der Waals surface area contributed by atoms with Gasteiger partial charge in [0.15, 0.2) is 0 Å². The van der Waals surface area contributed by atoms with E-state index < -0.39 is 23.3 Å². The molecule has 2 N–H and O–H groups in total. The molecule has 150 valence electrons. The fourth-order valence-corrected chi connectivity index (χ4v) is 3.92. The second-order valence-electron chi connectivity index (χ2n) is 7.44. The minimum Gasteiger partial charge on any atom is -0.345 e. The number of fused-ring (bicyclic) bond motifs is 1. The molecule has 1 aliphatic rings. The van der Waals surface area contributed by atoms with Crippen LogP contribution in [0.3, 0.4) is 0 Å². The van der Waals surface area contributed by atoms with E-state index in [0.29, 0.717) is 12.0 Å². The van der Waals surface area contributed by atoms with Crippen molar-refractivity contribution in [3.05, 3.63) is 68.6 Å². The summed E-state index contributed by atoms with van der Waals surface area (Å²) in [5.74, 6) is -0.251. The molecule has 1 aromatic heterocycles. The summed E-state index contributed by atoms with van der Waals surface area (Å²) in [4.78, 5) is 26.4. The fourth-order valence-electron chi connectivity index (χ4n) is 3.92. The van der Waals surface area contributed by atoms with E-state index in [4.69, 9.17) is 0 Å². The van der Waals surface area contributed by atoms with Gasteiger partial charge >= 0.3 is 6.18 Å². The number of hydrogen-bond acceptors (Lipinski definition) is 2. The van der Waals surface area contributed by atoms with E-state index in [-0.39, 0.29) is 11.6 Å². The van der Waals surface area contributed by atoms with Crippen LogP contribution < -0.4 is 10.9 Å². The molecule has 1 aliphatic carbocycles. The van der Waals surface area contributed by atoms with Crippen LogP contribution in [0.1, 0.15) is 65.0 Å². The van der Waals surface area contributed by atoms with Gasteiger partial charge in [-0.15, -0.1) is 0 Å². The summed E-state index contributed by atoms with van der Waals surface area (Å²) in [6.45, 7) is 4.13. The van der Waals surface area contributed by atoms with Crippen LogP contribution in [0.4, 0.5) is 13.2 Å². The normalized spacial score (nSPS) is 19.2. The smallest absolute Gasteiger partial charge is 0.345 e. The number of carbonyl (C=O) groups is 1. The third-order valence-electron chi connectivity index (χ3n) is 5.21. The van der Waals surface area contributed by atoms with Crippen molar-refractivity contribution in [2.45, 2.75) is 51.7 Å². The maximum Gasteiger partial charge on any atom is 0.431 e. The molecule has 2 unspecified atom stereocenters. The summed E-state index contributed by atoms with van der Waals surface area (Å²) in [5.41, 5.74) is 0.790. The number of nitrogens with one attached hydrogen (secondary N) is 2. The number of aryl methyl sites for hydroxylation is 1. The Labute approximate surface area is 161 Å². The van der Waals surface area contributed by atoms with Crippen molar-refractivity contribution >= 4 is 5.91 Å². The standard InChI is InChI=1S/C21H23F3N2O2/c1-3-4-13-10-14-9-12(2)5-6-15(14)17(11-13)25-19(27)16-7-8-18(21(22,23)24)26-20(16)28/h5-9,13,17H,3-4,10-11H2,1-2H3,(H,25,27)(H,26,28). The molecule has 0 saturated carbocycles. The van der Waals surface area contributed by atoms with Crippen molar-refractivity contribution in [2.75, 3.05) is 0 Å². The van der Waals surface area contributed by atoms with Crippen molar-refractivity contribution in [1.82, 2.24) is 10.3 Å². The van der Waals surface area contributed by atoms with Gasteiger partial charge in [-0.2, -0.15) is 13.2 Å². The monoisotopic (exact) mass is 392 g/mol. The molecule has 7 heteroatoms. The van der Waals surface area contributed by atoms with Crippen molar-refractivity contribution in [3.8, 4) is 0 Å². The Morgan fingerprint density at radius 1 is 1.25 bits per heavy atom. The van der Waals surface area contributed by atoms with Gasteiger partial charge in [-0.25, -0.2) is 0 Å². The van der Waals surface area contributed by atoms with E-state index in [0.717, 1.165) is 42.9 Å². The number of amides is 1. The Morgan fingerprint density at radius 2 is 2.00 bits per heavy atom. The van der Waals surface area contributed by atoms with Crippen LogP contribution in [0.5, 0.6) is 0 Å². The second-order valence-corrected chi connectivity index (χ2v) is 7.44. The van der Waals surface area contributed by atoms with Gasteiger partial charge in [0.25, 0.3) is 11.5 Å². The van der Waals surface area contributed by atoms with Gasteiger partial charge in [-0.05, 0) is 48.9 Å². The topological polar surface area (TPSA) is 62.0 Å². The number of aromatic nitrogens is 1. The zero-order valence-corrected chi connectivity index (χ0v) is 15.8. The number of halogens is 3. The Kier molecular flexibility index (Phi) is 5.63. The number of carbonyl (C=O) groups excluding carboxylic acids is 1. The number of aromatic amines is 1. The molecule has 1 heterocycles. The van der Waals surface area contributed by atoms with Gasteiger partial charge in [0.05, 0.1) is 6.04 Å². The Morgan fingerprint density at radius 3 is 2.64 bits per heavy atom. The number of alkyl halides is 3. The first kappa shape index (κ1) is 20.2. The van der Waals surface area contributed by atoms with Gasteiger partial charge in [-0.1, -0.05) is 43.5 Å². The first-order valence-corrected chi connectivity index (χ1v) is 9.39. The average molecular weight is 392 g/mol. The third kappa shape index (κ3) is 4.29. The molecule has 0 aliphatic heterocycles. The molecule has 2 atom stereocenters. The van der Waals surface area contributed by atoms with Gasteiger partial charge < -0.3 is 10.3 Å². The van der Waals surface area contributed by atoms with Crippen LogP contribution in [0.25, 0.3) is 0 Å². The van der Waals surface area contributed by atoms with Gasteiger partial charge in [-0.3, -0.25) is 9.59 Å². The highest BCUT2D eigenvalue weighted by Gasteiger charge is 2.33. The highest BCUT2D eigenvalue weighted by atomic mass is 19.4. The van der Waals surface area contributed by atoms with Crippen LogP contribution >= 0.6 is 0 Å². The molecular weight excluding hydrogens is 369 g/mol. The van der Waals surface area contributed by atoms with E-state index in [2.05, 4.69) is 18.3 Å². The maximum absolute atomic E-state index is 12.7. The highest BCUT2D eigenvalue weighted by Crippen LogP contribution is 2.36. The first-order valence-electron chi connectivity index (χ1n) is 9.39. The summed E-state index contributed by atoms with van der Waals surface area (Å²) in [6, 6.07) is 7.45. The predicted octanol–water partition coefficient (Wildman–Crippen LogP) is 4.54. The summed E-state index contributed by atoms with van der Waals surface area (Å²) in [6.07, 6.45) is -0.917. The molecule has 0 radical (unpaired) electrons. The molecule has 2 aromatic rings. The van der Waals surface area contributed by atoms with Crippen molar-refractivity contribution in [1.29, 1.82) is 0 Å². The molecule has 0 spiro atoms. The molecule has 1 aromatic carbocycles. The van der Waals surface area contributed by atoms with Crippen LogP contribution in [0.15, 0.2) is 35.1 Å². The Bertz CT molecular complexity index is 934. The number of H-pyrrole nitrogens is 1. The SMILES string of the molecule is CCCC1Cc2cc(C)ccc2C(NC(=O)c2ccc(C(F)(F)F)[nH]c2=O)C1. The molecule has 0 bridgehead atoms. The maximum atomic E-state index is 12.7. The average Bonchev–Trinajstić information content (AvgIpc) is 2.60. The summed E-state index contributed by atoms with van der Waals surface area (Å²) < 4.78 is 38.1. The summed E-state index contributed by atoms with van der Waals surface area (Å²) in [5, 5.41) is 2.86. The summed E-state index contributed by atoms with van der Waals surface area (Å²) >= 11 is 0. The molecule has 3 rings (SSSR count). The first-order chi connectivity index (χ1) is 13.2. The Hall–Kier alpha value is -2.57. The van der Waals surface area contributed by atoms with E-state index in [1.807, 2.05) is 19.1 Å². The zero-order chi connectivity index (χ0) is 20.5. The lowest BCUT2D eigenvalue weighted by Crippen LogP contribution is -2.36. The Balaban J connectivity index is 1.86. The lowest BCUT2D eigenvalue weighted by molar-refractivity contribution is -0.141. The number of pyridine rings is 1. The minimum atomic E-state index is -4.66. The van der Waals surface area contributed by atoms with E-state index in [9.17, 15) is 22.8 Å². The number of benzene rings is 1. The lowest BCUT2D eigenvalue weighted by atomic mass is 9.78. The molecule has 28 heavy (non-hydrogen) atoms. The summed E-state index contributed by atoms with van der Waals surface area (Å²) in [7, 11) is 0. The van der Waals surface area contributed by atoms with E-state index in [1.165, 1.54) is 5.56 Å². The van der Waals surface area contributed by atoms with Gasteiger partial charge in [0.2, 0.25) is 0 Å². The van der Waals surface area contributed by atoms with Crippen LogP contribution in [0, 0.1) is 12.8 Å². The number of hydrogen-bond donors (Lipinski definition) is 2. The minimum absolute atomic E-state index is 0.268. The van der Waals surface area contributed by atoms with Crippen LogP contribution in [-0.4, -0.2) is 10.9 Å². The quantitative estimate of drug-likeness (QED) is 0.803. The molecular formula is C21H23F3N2O2. The predicted molar refractivity (Wildman–Crippen MR) is 100 cm³/mol. The second kappa shape index (κ2) is 7.81. The van der Waals surface area contributed by atoms with Gasteiger partial charge in [0.1, 0.15) is 11.3 Å². The fraction of sp³-hybridized carbons (Fsp3) is 0.429. The van der Waals surface area contributed by atoms with Crippen molar-refractivity contribution in [2.24, 2.45) is 5.92 Å². The largest absolute Gasteiger partial charge is 0.431 e. The van der Waals surface area contributed by atoms with Gasteiger partial charge in [0, 0.05) is 0 Å². The lowest BCUT2D eigenvalue weighted by Gasteiger charge is -2.32. The van der Waals surface area contributed by atoms with Crippen LogP contribution in [-0.2, 0) is 12.6 Å². The molecule has 0 fully saturated rings. The van der Waals surface area contributed by atoms with Crippen LogP contribution in [0.2, 0.25) is 0 Å². The zero-order valence-electron chi connectivity index (χ0n) is 15.8. The third-order valence-corrected chi connectivity index (χ3v) is 5.21. The van der Waals surface area contributed by atoms with Crippen molar-refractivity contribution in [3.63, 3.8) is 0 Å². The molecule has 0 saturated heterocycles. The number of rotatable bonds is 4. The van der Waals surface area contributed by atoms with E-state index in [1.54, 1.807) is 4.98 Å².